The van der Waals surface area contributed by atoms with E-state index in [-0.39, 0.29) is 7.81 Å². The molecule has 0 unspecified atom stereocenters. The van der Waals surface area contributed by atoms with Crippen LogP contribution in [0.3, 0.4) is 0 Å². The Morgan fingerprint density at radius 3 is 1.90 bits per heavy atom. The summed E-state index contributed by atoms with van der Waals surface area (Å²) >= 11 is 4.42. The normalized spacial score (nSPS) is 8.10. The monoisotopic (exact) mass is 176 g/mol. The first kappa shape index (κ1) is 9.41. The molecular weight excluding hydrogens is 170 g/mol. The van der Waals surface area contributed by atoms with Gasteiger partial charge in [0, 0.05) is 0 Å². The summed E-state index contributed by atoms with van der Waals surface area (Å²) in [5, 5.41) is 8.63. The molecule has 1 N–H and O–H groups in total. The standard InChI is InChI=1S/C6H6O.ClOP/c7-6-4-2-1-3-5-6;1-3-2/h1-5,7H;. The lowest BCUT2D eigenvalue weighted by Crippen LogP contribution is -1.56. The summed E-state index contributed by atoms with van der Waals surface area (Å²) in [4.78, 5) is 0. The predicted octanol–water partition coefficient (Wildman–Crippen LogP) is 2.82. The smallest absolute Gasteiger partial charge is 0.267 e. The van der Waals surface area contributed by atoms with Crippen LogP contribution in [0, 0.1) is 0 Å². The van der Waals surface area contributed by atoms with E-state index in [1.165, 1.54) is 0 Å². The molecule has 0 heterocycles. The molecule has 0 aromatic heterocycles. The fourth-order valence-corrected chi connectivity index (χ4v) is 0.428. The van der Waals surface area contributed by atoms with E-state index in [0.717, 1.165) is 0 Å². The molecule has 0 saturated heterocycles. The van der Waals surface area contributed by atoms with Gasteiger partial charge in [-0.25, -0.2) is 0 Å². The van der Waals surface area contributed by atoms with E-state index in [1.54, 1.807) is 24.3 Å². The first-order valence-corrected chi connectivity index (χ1v) is 4.20. The molecule has 10 heavy (non-hydrogen) atoms. The van der Waals surface area contributed by atoms with E-state index in [0.29, 0.717) is 5.75 Å². The van der Waals surface area contributed by atoms with Crippen molar-refractivity contribution in [2.75, 3.05) is 0 Å². The second-order valence-electron chi connectivity index (χ2n) is 1.40. The third kappa shape index (κ3) is 5.54. The van der Waals surface area contributed by atoms with Crippen LogP contribution in [0.15, 0.2) is 30.3 Å². The van der Waals surface area contributed by atoms with E-state index in [9.17, 15) is 0 Å². The number of hydrogen-bond donors (Lipinski definition) is 1. The van der Waals surface area contributed by atoms with E-state index in [4.69, 9.17) is 9.67 Å². The Bertz CT molecular complexity index is 178. The maximum Gasteiger partial charge on any atom is 0.267 e. The molecule has 0 amide bonds. The molecule has 2 nitrogen and oxygen atoms in total. The SMILES string of the molecule is O=PCl.Oc1ccccc1. The molecule has 0 aliphatic heterocycles. The van der Waals surface area contributed by atoms with Gasteiger partial charge < -0.3 is 5.11 Å². The number of para-hydroxylation sites is 1. The minimum absolute atomic E-state index is 0.322. The van der Waals surface area contributed by atoms with Crippen LogP contribution >= 0.6 is 19.1 Å². The Kier molecular flexibility index (Phi) is 6.14. The topological polar surface area (TPSA) is 37.3 Å². The summed E-state index contributed by atoms with van der Waals surface area (Å²) in [7, 11) is -0.361. The van der Waals surface area contributed by atoms with Gasteiger partial charge in [0.2, 0.25) is 0 Å². The third-order valence-corrected chi connectivity index (χ3v) is 0.756. The van der Waals surface area contributed by atoms with Crippen LogP contribution in [-0.4, -0.2) is 5.11 Å². The second-order valence-corrected chi connectivity index (χ2v) is 1.96. The zero-order valence-corrected chi connectivity index (χ0v) is 6.72. The number of aromatic hydroxyl groups is 1. The molecule has 0 atom stereocenters. The van der Waals surface area contributed by atoms with E-state index in [1.807, 2.05) is 6.07 Å². The zero-order chi connectivity index (χ0) is 7.82. The number of benzene rings is 1. The van der Waals surface area contributed by atoms with Crippen molar-refractivity contribution in [2.24, 2.45) is 0 Å². The van der Waals surface area contributed by atoms with Gasteiger partial charge in [0.1, 0.15) is 5.75 Å². The summed E-state index contributed by atoms with van der Waals surface area (Å²) in [6.45, 7) is 0. The lowest BCUT2D eigenvalue weighted by atomic mass is 10.3. The van der Waals surface area contributed by atoms with Crippen molar-refractivity contribution < 1.29 is 9.67 Å². The molecule has 1 aromatic carbocycles. The van der Waals surface area contributed by atoms with Gasteiger partial charge in [0.25, 0.3) is 7.81 Å². The van der Waals surface area contributed by atoms with Crippen LogP contribution < -0.4 is 0 Å². The first-order valence-electron chi connectivity index (χ1n) is 2.49. The molecule has 0 spiro atoms. The van der Waals surface area contributed by atoms with Crippen molar-refractivity contribution in [1.82, 2.24) is 0 Å². The molecule has 1 aromatic rings. The van der Waals surface area contributed by atoms with Gasteiger partial charge in [-0.2, -0.15) is 0 Å². The molecule has 0 aliphatic carbocycles. The van der Waals surface area contributed by atoms with Crippen LogP contribution in [0.5, 0.6) is 5.75 Å². The van der Waals surface area contributed by atoms with Crippen LogP contribution in [0.25, 0.3) is 0 Å². The minimum atomic E-state index is -0.361. The summed E-state index contributed by atoms with van der Waals surface area (Å²) < 4.78 is 8.67. The Hall–Kier alpha value is -0.590. The fraction of sp³-hybridized carbons (Fsp3) is 0. The van der Waals surface area contributed by atoms with Crippen molar-refractivity contribution >= 4 is 19.1 Å². The molecule has 0 bridgehead atoms. The van der Waals surface area contributed by atoms with E-state index < -0.39 is 0 Å². The van der Waals surface area contributed by atoms with Gasteiger partial charge in [-0.15, -0.1) is 0 Å². The Balaban J connectivity index is 0.000000236. The lowest BCUT2D eigenvalue weighted by Gasteiger charge is -1.82. The largest absolute Gasteiger partial charge is 0.508 e. The zero-order valence-electron chi connectivity index (χ0n) is 5.07. The van der Waals surface area contributed by atoms with E-state index in [2.05, 4.69) is 11.2 Å². The number of phenolic OH excluding ortho intramolecular Hbond substituents is 1. The molecule has 54 valence electrons. The summed E-state index contributed by atoms with van der Waals surface area (Å²) in [5.74, 6) is 0.322. The van der Waals surface area contributed by atoms with Gasteiger partial charge in [0.05, 0.1) is 0 Å². The highest BCUT2D eigenvalue weighted by Crippen LogP contribution is 2.02. The summed E-state index contributed by atoms with van der Waals surface area (Å²) in [6, 6.07) is 8.71. The average molecular weight is 177 g/mol. The Morgan fingerprint density at radius 1 is 1.30 bits per heavy atom. The lowest BCUT2D eigenvalue weighted by molar-refractivity contribution is 0.475. The van der Waals surface area contributed by atoms with Gasteiger partial charge >= 0.3 is 0 Å². The molecule has 0 radical (unpaired) electrons. The highest BCUT2D eigenvalue weighted by molar-refractivity contribution is 7.57. The number of rotatable bonds is 0. The summed E-state index contributed by atoms with van der Waals surface area (Å²) in [6.07, 6.45) is 0. The number of hydrogen-bond acceptors (Lipinski definition) is 2. The fourth-order valence-electron chi connectivity index (χ4n) is 0.428. The van der Waals surface area contributed by atoms with Crippen LogP contribution in [-0.2, 0) is 4.57 Å². The quantitative estimate of drug-likeness (QED) is 0.617. The van der Waals surface area contributed by atoms with Crippen LogP contribution in [0.2, 0.25) is 0 Å². The third-order valence-electron chi connectivity index (χ3n) is 0.756. The maximum absolute atomic E-state index is 8.67. The van der Waals surface area contributed by atoms with Gasteiger partial charge in [-0.05, 0) is 23.4 Å². The molecular formula is C6H6ClO2P. The molecule has 1 rings (SSSR count). The minimum Gasteiger partial charge on any atom is -0.508 e. The molecule has 4 heteroatoms. The molecule has 0 aliphatic rings. The first-order chi connectivity index (χ1) is 4.81. The maximum atomic E-state index is 8.67. The van der Waals surface area contributed by atoms with Gasteiger partial charge in [-0.3, -0.25) is 4.57 Å². The molecule has 0 saturated carbocycles. The Labute approximate surface area is 65.4 Å². The van der Waals surface area contributed by atoms with Crippen LogP contribution in [0.4, 0.5) is 0 Å². The predicted molar refractivity (Wildman–Crippen MR) is 41.6 cm³/mol. The van der Waals surface area contributed by atoms with Crippen molar-refractivity contribution in [1.29, 1.82) is 0 Å². The van der Waals surface area contributed by atoms with Crippen molar-refractivity contribution in [3.63, 3.8) is 0 Å². The number of halogens is 1. The highest BCUT2D eigenvalue weighted by Gasteiger charge is 1.74. The molecule has 0 fully saturated rings. The number of phenols is 1. The van der Waals surface area contributed by atoms with Gasteiger partial charge in [0.15, 0.2) is 0 Å². The average Bonchev–Trinajstić information content (AvgIpc) is 1.91. The highest BCUT2D eigenvalue weighted by atomic mass is 35.7. The van der Waals surface area contributed by atoms with Crippen molar-refractivity contribution in [3.05, 3.63) is 30.3 Å². The second kappa shape index (κ2) is 6.53. The van der Waals surface area contributed by atoms with Crippen LogP contribution in [0.1, 0.15) is 0 Å². The van der Waals surface area contributed by atoms with E-state index >= 15 is 0 Å². The van der Waals surface area contributed by atoms with Gasteiger partial charge in [-0.1, -0.05) is 18.2 Å². The van der Waals surface area contributed by atoms with Crippen molar-refractivity contribution in [2.45, 2.75) is 0 Å². The summed E-state index contributed by atoms with van der Waals surface area (Å²) in [5.41, 5.74) is 0. The Morgan fingerprint density at radius 2 is 1.70 bits per heavy atom. The van der Waals surface area contributed by atoms with Crippen molar-refractivity contribution in [3.8, 4) is 5.75 Å².